The molecule has 1 heterocycles. The molecule has 1 fully saturated rings. The maximum atomic E-state index is 12.1. The Bertz CT molecular complexity index is 599. The van der Waals surface area contributed by atoms with Gasteiger partial charge in [-0.15, -0.1) is 0 Å². The first-order valence-electron chi connectivity index (χ1n) is 6.11. The molecule has 0 spiro atoms. The lowest BCUT2D eigenvalue weighted by Gasteiger charge is -2.21. The quantitative estimate of drug-likeness (QED) is 0.507. The number of likely N-dealkylation sites (tertiary alicyclic amines) is 1. The highest BCUT2D eigenvalue weighted by molar-refractivity contribution is 6.30. The highest BCUT2D eigenvalue weighted by Gasteiger charge is 2.39. The van der Waals surface area contributed by atoms with Gasteiger partial charge in [-0.2, -0.15) is 0 Å². The van der Waals surface area contributed by atoms with Crippen LogP contribution in [0.15, 0.2) is 29.4 Å². The Morgan fingerprint density at radius 2 is 2.10 bits per heavy atom. The number of halogens is 1. The molecular weight excluding hydrogens is 298 g/mol. The van der Waals surface area contributed by atoms with Crippen LogP contribution in [0.3, 0.4) is 0 Å². The van der Waals surface area contributed by atoms with Gasteiger partial charge >= 0.3 is 12.0 Å². The lowest BCUT2D eigenvalue weighted by molar-refractivity contribution is -0.141. The van der Waals surface area contributed by atoms with Gasteiger partial charge in [0.1, 0.15) is 6.04 Å². The van der Waals surface area contributed by atoms with Gasteiger partial charge in [0.2, 0.25) is 0 Å². The van der Waals surface area contributed by atoms with E-state index in [0.717, 1.165) is 4.90 Å². The molecule has 0 unspecified atom stereocenters. The summed E-state index contributed by atoms with van der Waals surface area (Å²) in [5, 5.41) is 15.8. The molecule has 9 heteroatoms. The lowest BCUT2D eigenvalue weighted by Crippen LogP contribution is -2.42. The van der Waals surface area contributed by atoms with Crippen LogP contribution in [0, 0.1) is 0 Å². The van der Waals surface area contributed by atoms with Crippen LogP contribution in [0.1, 0.15) is 6.42 Å². The summed E-state index contributed by atoms with van der Waals surface area (Å²) in [5.41, 5.74) is 8.92. The van der Waals surface area contributed by atoms with Crippen LogP contribution >= 0.6 is 11.6 Å². The van der Waals surface area contributed by atoms with Gasteiger partial charge < -0.3 is 15.3 Å². The first-order valence-corrected chi connectivity index (χ1v) is 6.49. The maximum absolute atomic E-state index is 12.1. The van der Waals surface area contributed by atoms with E-state index in [-0.39, 0.29) is 13.0 Å². The number of benzene rings is 1. The van der Waals surface area contributed by atoms with Crippen LogP contribution in [0.4, 0.5) is 10.5 Å². The number of carbonyl (C=O) groups is 2. The number of aliphatic carboxylic acids is 1. The van der Waals surface area contributed by atoms with Crippen LogP contribution in [0.25, 0.3) is 10.4 Å². The first-order chi connectivity index (χ1) is 10.0. The zero-order valence-electron chi connectivity index (χ0n) is 10.8. The molecule has 2 N–H and O–H groups in total. The number of amides is 2. The number of carboxylic acids is 1. The van der Waals surface area contributed by atoms with Crippen molar-refractivity contribution in [1.82, 2.24) is 4.90 Å². The highest BCUT2D eigenvalue weighted by atomic mass is 35.5. The number of nitrogens with zero attached hydrogens (tertiary/aromatic N) is 4. The third-order valence-corrected chi connectivity index (χ3v) is 3.39. The predicted octanol–water partition coefficient (Wildman–Crippen LogP) is 2.71. The topological polar surface area (TPSA) is 118 Å². The Morgan fingerprint density at radius 1 is 1.43 bits per heavy atom. The van der Waals surface area contributed by atoms with Gasteiger partial charge in [-0.25, -0.2) is 9.59 Å². The Morgan fingerprint density at radius 3 is 2.67 bits per heavy atom. The molecule has 0 aromatic heterocycles. The van der Waals surface area contributed by atoms with Gasteiger partial charge in [0.05, 0.1) is 6.04 Å². The zero-order valence-corrected chi connectivity index (χ0v) is 11.6. The second-order valence-corrected chi connectivity index (χ2v) is 4.97. The summed E-state index contributed by atoms with van der Waals surface area (Å²) < 4.78 is 0. The number of anilines is 1. The van der Waals surface area contributed by atoms with E-state index in [1.54, 1.807) is 24.3 Å². The molecular formula is C12H12ClN5O3. The van der Waals surface area contributed by atoms with E-state index >= 15 is 0 Å². The van der Waals surface area contributed by atoms with Gasteiger partial charge in [-0.05, 0) is 36.2 Å². The predicted molar refractivity (Wildman–Crippen MR) is 76.2 cm³/mol. The fraction of sp³-hybridized carbons (Fsp3) is 0.333. The van der Waals surface area contributed by atoms with Crippen LogP contribution < -0.4 is 5.32 Å². The van der Waals surface area contributed by atoms with E-state index < -0.39 is 24.1 Å². The molecule has 0 bridgehead atoms. The Labute approximate surface area is 124 Å². The molecule has 1 aliphatic rings. The molecule has 2 rings (SSSR count). The van der Waals surface area contributed by atoms with Crippen LogP contribution in [0.2, 0.25) is 5.02 Å². The molecule has 8 nitrogen and oxygen atoms in total. The molecule has 1 aromatic carbocycles. The average Bonchev–Trinajstić information content (AvgIpc) is 2.86. The molecule has 110 valence electrons. The van der Waals surface area contributed by atoms with Gasteiger partial charge in [0.25, 0.3) is 0 Å². The fourth-order valence-corrected chi connectivity index (χ4v) is 2.28. The number of carboxylic acid groups (broad SMARTS) is 1. The Balaban J connectivity index is 2.10. The maximum Gasteiger partial charge on any atom is 0.326 e. The van der Waals surface area contributed by atoms with Crippen molar-refractivity contribution in [3.05, 3.63) is 39.7 Å². The number of carbonyl (C=O) groups excluding carboxylic acids is 1. The summed E-state index contributed by atoms with van der Waals surface area (Å²) in [5.74, 6) is -1.13. The van der Waals surface area contributed by atoms with Crippen molar-refractivity contribution in [1.29, 1.82) is 0 Å². The molecule has 0 aliphatic carbocycles. The Hall–Kier alpha value is -2.44. The normalized spacial score (nSPS) is 20.7. The number of hydrogen-bond acceptors (Lipinski definition) is 3. The summed E-state index contributed by atoms with van der Waals surface area (Å²) in [6.45, 7) is 0.0699. The lowest BCUT2D eigenvalue weighted by atomic mass is 10.2. The van der Waals surface area contributed by atoms with Crippen LogP contribution in [-0.4, -0.2) is 40.6 Å². The number of hydrogen-bond donors (Lipinski definition) is 2. The summed E-state index contributed by atoms with van der Waals surface area (Å²) in [6, 6.07) is 4.34. The number of rotatable bonds is 3. The molecule has 1 aliphatic heterocycles. The van der Waals surface area contributed by atoms with Crippen LogP contribution in [-0.2, 0) is 4.79 Å². The van der Waals surface area contributed by atoms with Crippen molar-refractivity contribution in [2.75, 3.05) is 11.9 Å². The summed E-state index contributed by atoms with van der Waals surface area (Å²) in [6.07, 6.45) is 0.105. The molecule has 21 heavy (non-hydrogen) atoms. The summed E-state index contributed by atoms with van der Waals surface area (Å²) in [4.78, 5) is 27.1. The second kappa shape index (κ2) is 6.34. The van der Waals surface area contributed by atoms with Gasteiger partial charge in [-0.1, -0.05) is 16.7 Å². The molecule has 0 radical (unpaired) electrons. The van der Waals surface area contributed by atoms with E-state index in [4.69, 9.17) is 22.2 Å². The Kier molecular flexibility index (Phi) is 4.52. The molecule has 1 saturated heterocycles. The smallest absolute Gasteiger partial charge is 0.326 e. The van der Waals surface area contributed by atoms with E-state index in [1.165, 1.54) is 0 Å². The third-order valence-electron chi connectivity index (χ3n) is 3.14. The molecule has 2 atom stereocenters. The van der Waals surface area contributed by atoms with Crippen molar-refractivity contribution < 1.29 is 14.7 Å². The standard InChI is InChI=1S/C12H12ClN5O3/c13-7-1-3-8(4-2-7)15-12(21)18-6-9(16-17-14)5-10(18)11(19)20/h1-4,9-10H,5-6H2,(H,15,21)(H,19,20)/t9-,10+/m0/s1. The van der Waals surface area contributed by atoms with Gasteiger partial charge in [-0.3, -0.25) is 0 Å². The number of azide groups is 1. The summed E-state index contributed by atoms with van der Waals surface area (Å²) in [7, 11) is 0. The van der Waals surface area contributed by atoms with E-state index in [1.807, 2.05) is 0 Å². The minimum atomic E-state index is -1.13. The highest BCUT2D eigenvalue weighted by Crippen LogP contribution is 2.22. The van der Waals surface area contributed by atoms with Gasteiger partial charge in [0, 0.05) is 22.2 Å². The summed E-state index contributed by atoms with van der Waals surface area (Å²) >= 11 is 5.75. The second-order valence-electron chi connectivity index (χ2n) is 4.54. The van der Waals surface area contributed by atoms with Crippen molar-refractivity contribution in [2.45, 2.75) is 18.5 Å². The van der Waals surface area contributed by atoms with Gasteiger partial charge in [0.15, 0.2) is 0 Å². The minimum absolute atomic E-state index is 0.0699. The fourth-order valence-electron chi connectivity index (χ4n) is 2.16. The third kappa shape index (κ3) is 3.56. The minimum Gasteiger partial charge on any atom is -0.480 e. The zero-order chi connectivity index (χ0) is 15.4. The van der Waals surface area contributed by atoms with Crippen molar-refractivity contribution in [2.24, 2.45) is 5.11 Å². The number of urea groups is 1. The van der Waals surface area contributed by atoms with E-state index in [2.05, 4.69) is 15.3 Å². The van der Waals surface area contributed by atoms with Crippen molar-refractivity contribution in [3.63, 3.8) is 0 Å². The molecule has 1 aromatic rings. The van der Waals surface area contributed by atoms with E-state index in [0.29, 0.717) is 10.7 Å². The van der Waals surface area contributed by atoms with E-state index in [9.17, 15) is 9.59 Å². The SMILES string of the molecule is [N-]=[N+]=N[C@H]1C[C@H](C(=O)O)N(C(=O)Nc2ccc(Cl)cc2)C1. The molecule has 2 amide bonds. The van der Waals surface area contributed by atoms with Crippen molar-refractivity contribution >= 4 is 29.3 Å². The average molecular weight is 310 g/mol. The van der Waals surface area contributed by atoms with Crippen LogP contribution in [0.5, 0.6) is 0 Å². The monoisotopic (exact) mass is 309 g/mol. The number of nitrogens with one attached hydrogen (secondary N) is 1. The van der Waals surface area contributed by atoms with Crippen molar-refractivity contribution in [3.8, 4) is 0 Å². The molecule has 0 saturated carbocycles. The largest absolute Gasteiger partial charge is 0.480 e. The first kappa shape index (κ1) is 15.0.